The summed E-state index contributed by atoms with van der Waals surface area (Å²) >= 11 is 0. The third kappa shape index (κ3) is 5.98. The number of hydrogen-bond acceptors (Lipinski definition) is 7. The minimum atomic E-state index is -0.198. The van der Waals surface area contributed by atoms with E-state index in [1.165, 1.54) is 0 Å². The zero-order valence-corrected chi connectivity index (χ0v) is 19.7. The van der Waals surface area contributed by atoms with E-state index in [1.54, 1.807) is 12.4 Å². The van der Waals surface area contributed by atoms with Crippen LogP contribution in [0.2, 0.25) is 0 Å². The number of hydrogen-bond donors (Lipinski definition) is 1. The van der Waals surface area contributed by atoms with Crippen molar-refractivity contribution in [2.24, 2.45) is 5.92 Å². The Morgan fingerprint density at radius 2 is 2.14 bits per heavy atom. The molecule has 1 saturated heterocycles. The van der Waals surface area contributed by atoms with Gasteiger partial charge in [-0.1, -0.05) is 17.0 Å². The van der Waals surface area contributed by atoms with Gasteiger partial charge in [0.15, 0.2) is 12.1 Å². The second kappa shape index (κ2) is 10.9. The summed E-state index contributed by atoms with van der Waals surface area (Å²) in [4.78, 5) is 8.93. The first-order valence-electron chi connectivity index (χ1n) is 12.0. The number of aromatic nitrogens is 4. The summed E-state index contributed by atoms with van der Waals surface area (Å²) in [5.41, 5.74) is 2.22. The minimum Gasteiger partial charge on any atom is -0.393 e. The summed E-state index contributed by atoms with van der Waals surface area (Å²) in [5, 5.41) is 13.5. The maximum absolute atomic E-state index is 9.29. The molecule has 35 heavy (non-hydrogen) atoms. The molecule has 0 aromatic carbocycles. The molecule has 3 aromatic rings. The van der Waals surface area contributed by atoms with Crippen LogP contribution in [0.3, 0.4) is 0 Å². The van der Waals surface area contributed by atoms with Gasteiger partial charge < -0.3 is 23.7 Å². The van der Waals surface area contributed by atoms with E-state index >= 15 is 0 Å². The second-order valence-electron chi connectivity index (χ2n) is 8.94. The second-order valence-corrected chi connectivity index (χ2v) is 8.94. The van der Waals surface area contributed by atoms with E-state index in [9.17, 15) is 5.11 Å². The molecular weight excluding hydrogens is 444 g/mol. The summed E-state index contributed by atoms with van der Waals surface area (Å²) in [7, 11) is 0. The smallest absolute Gasteiger partial charge is 0.185 e. The van der Waals surface area contributed by atoms with Gasteiger partial charge in [-0.2, -0.15) is 0 Å². The monoisotopic (exact) mass is 472 g/mol. The first-order valence-corrected chi connectivity index (χ1v) is 12.0. The molecule has 2 atom stereocenters. The number of aliphatic hydroxyl groups excluding tert-OH is 1. The lowest BCUT2D eigenvalue weighted by Gasteiger charge is -2.26. The van der Waals surface area contributed by atoms with Gasteiger partial charge in [-0.25, -0.2) is 4.98 Å². The molecule has 8 nitrogen and oxygen atoms in total. The lowest BCUT2D eigenvalue weighted by atomic mass is 9.83. The average Bonchev–Trinajstić information content (AvgIpc) is 3.52. The Balaban J connectivity index is 1.19. The zero-order chi connectivity index (χ0) is 24.0. The van der Waals surface area contributed by atoms with Crippen molar-refractivity contribution in [3.8, 4) is 35.1 Å². The van der Waals surface area contributed by atoms with Gasteiger partial charge in [0.25, 0.3) is 0 Å². The van der Waals surface area contributed by atoms with Gasteiger partial charge in [0.05, 0.1) is 12.6 Å². The van der Waals surface area contributed by atoms with Crippen molar-refractivity contribution in [3.63, 3.8) is 0 Å². The highest BCUT2D eigenvalue weighted by atomic mass is 16.7. The highest BCUT2D eigenvalue weighted by Crippen LogP contribution is 2.26. The molecule has 4 heterocycles. The molecule has 3 aromatic heterocycles. The normalized spacial score (nSPS) is 22.3. The van der Waals surface area contributed by atoms with Gasteiger partial charge in [-0.15, -0.1) is 0 Å². The summed E-state index contributed by atoms with van der Waals surface area (Å²) in [6, 6.07) is 5.62. The van der Waals surface area contributed by atoms with Crippen LogP contribution in [0.4, 0.5) is 0 Å². The van der Waals surface area contributed by atoms with Crippen LogP contribution in [0.1, 0.15) is 62.2 Å². The maximum Gasteiger partial charge on any atom is 0.185 e. The Hall–Kier alpha value is -3.43. The van der Waals surface area contributed by atoms with E-state index in [0.29, 0.717) is 18.0 Å². The van der Waals surface area contributed by atoms with Gasteiger partial charge in [0.1, 0.15) is 23.3 Å². The third-order valence-electron chi connectivity index (χ3n) is 6.17. The van der Waals surface area contributed by atoms with E-state index < -0.39 is 0 Å². The van der Waals surface area contributed by atoms with Crippen molar-refractivity contribution >= 4 is 0 Å². The third-order valence-corrected chi connectivity index (χ3v) is 6.17. The van der Waals surface area contributed by atoms with Crippen LogP contribution >= 0.6 is 0 Å². The standard InChI is InChI=1S/C27H28N4O4/c1-19(34-26-8-4-5-13-33-26)27-28-11-12-31(27)18-22-16-25(35-30-22)24-10-9-20(17-29-24)6-2-3-7-21-14-23(32)15-21/h9-12,16-17,19,21,23,26,32H,4-5,8,13-15,18H2,1H3/t19-,21?,23?,26?/m0/s1. The molecule has 1 aliphatic heterocycles. The van der Waals surface area contributed by atoms with E-state index in [4.69, 9.17) is 14.0 Å². The lowest BCUT2D eigenvalue weighted by Crippen LogP contribution is -2.26. The van der Waals surface area contributed by atoms with Crippen LogP contribution < -0.4 is 0 Å². The molecule has 8 heteroatoms. The number of rotatable bonds is 6. The van der Waals surface area contributed by atoms with Crippen molar-refractivity contribution in [1.29, 1.82) is 0 Å². The fourth-order valence-electron chi connectivity index (χ4n) is 4.16. The highest BCUT2D eigenvalue weighted by Gasteiger charge is 2.25. The van der Waals surface area contributed by atoms with Crippen LogP contribution in [0.25, 0.3) is 11.5 Å². The van der Waals surface area contributed by atoms with Crippen molar-refractivity contribution in [2.45, 2.75) is 64.1 Å². The molecule has 5 rings (SSSR count). The molecule has 1 saturated carbocycles. The topological polar surface area (TPSA) is 95.4 Å². The fourth-order valence-corrected chi connectivity index (χ4v) is 4.16. The molecule has 2 fully saturated rings. The first-order chi connectivity index (χ1) is 17.1. The molecule has 1 N–H and O–H groups in total. The Morgan fingerprint density at radius 1 is 1.23 bits per heavy atom. The van der Waals surface area contributed by atoms with E-state index in [0.717, 1.165) is 55.8 Å². The average molecular weight is 473 g/mol. The molecule has 180 valence electrons. The molecular formula is C27H28N4O4. The zero-order valence-electron chi connectivity index (χ0n) is 19.7. The van der Waals surface area contributed by atoms with E-state index in [1.807, 2.05) is 35.9 Å². The molecule has 0 amide bonds. The SMILES string of the molecule is C[C@H](OC1CCCCO1)c1nccn1Cc1cc(-c2ccc(C#CC#CC3CC(O)C3)cn2)on1. The summed E-state index contributed by atoms with van der Waals surface area (Å²) in [6.45, 7) is 3.25. The molecule has 1 aliphatic carbocycles. The van der Waals surface area contributed by atoms with Crippen LogP contribution in [0.5, 0.6) is 0 Å². The number of ether oxygens (including phenoxy) is 2. The van der Waals surface area contributed by atoms with Crippen molar-refractivity contribution in [1.82, 2.24) is 19.7 Å². The Kier molecular flexibility index (Phi) is 7.25. The molecule has 0 radical (unpaired) electrons. The Bertz CT molecular complexity index is 1250. The lowest BCUT2D eigenvalue weighted by molar-refractivity contribution is -0.188. The number of aliphatic hydroxyl groups is 1. The van der Waals surface area contributed by atoms with Crippen LogP contribution in [-0.2, 0) is 16.0 Å². The largest absolute Gasteiger partial charge is 0.393 e. The predicted octanol–water partition coefficient (Wildman–Crippen LogP) is 3.71. The number of imidazole rings is 1. The summed E-state index contributed by atoms with van der Waals surface area (Å²) in [5.74, 6) is 13.4. The van der Waals surface area contributed by atoms with Gasteiger partial charge >= 0.3 is 0 Å². The minimum absolute atomic E-state index is 0.176. The molecule has 0 spiro atoms. The van der Waals surface area contributed by atoms with E-state index in [-0.39, 0.29) is 24.4 Å². The van der Waals surface area contributed by atoms with Crippen molar-refractivity contribution in [3.05, 3.63) is 53.9 Å². The Morgan fingerprint density at radius 3 is 2.91 bits per heavy atom. The van der Waals surface area contributed by atoms with E-state index in [2.05, 4.69) is 38.8 Å². The van der Waals surface area contributed by atoms with Gasteiger partial charge in [-0.3, -0.25) is 4.98 Å². The Labute approximate surface area is 204 Å². The summed E-state index contributed by atoms with van der Waals surface area (Å²) < 4.78 is 19.3. The maximum atomic E-state index is 9.29. The van der Waals surface area contributed by atoms with Gasteiger partial charge in [0, 0.05) is 42.7 Å². The van der Waals surface area contributed by atoms with Gasteiger partial charge in [-0.05, 0) is 63.0 Å². The molecule has 0 bridgehead atoms. The molecule has 1 unspecified atom stereocenters. The quantitative estimate of drug-likeness (QED) is 0.547. The van der Waals surface area contributed by atoms with Crippen molar-refractivity contribution in [2.75, 3.05) is 6.61 Å². The van der Waals surface area contributed by atoms with Crippen LogP contribution in [-0.4, -0.2) is 43.8 Å². The highest BCUT2D eigenvalue weighted by molar-refractivity contribution is 5.53. The van der Waals surface area contributed by atoms with Crippen LogP contribution in [0, 0.1) is 29.6 Å². The van der Waals surface area contributed by atoms with Crippen LogP contribution in [0.15, 0.2) is 41.3 Å². The number of pyridine rings is 1. The predicted molar refractivity (Wildman–Crippen MR) is 128 cm³/mol. The van der Waals surface area contributed by atoms with Gasteiger partial charge in [0.2, 0.25) is 0 Å². The van der Waals surface area contributed by atoms with Crippen molar-refractivity contribution < 1.29 is 19.1 Å². The molecule has 2 aliphatic rings. The number of nitrogens with zero attached hydrogens (tertiary/aromatic N) is 4. The first kappa shape index (κ1) is 23.3. The fraction of sp³-hybridized carbons (Fsp3) is 0.444. The summed E-state index contributed by atoms with van der Waals surface area (Å²) in [6.07, 6.45) is 9.41.